The van der Waals surface area contributed by atoms with Gasteiger partial charge in [-0.05, 0) is 69.1 Å². The second kappa shape index (κ2) is 10.2. The summed E-state index contributed by atoms with van der Waals surface area (Å²) < 4.78 is 7.29. The molecule has 0 radical (unpaired) electrons. The van der Waals surface area contributed by atoms with Gasteiger partial charge in [0.25, 0.3) is 0 Å². The van der Waals surface area contributed by atoms with Crippen LogP contribution in [0.4, 0.5) is 10.6 Å². The van der Waals surface area contributed by atoms with Crippen molar-refractivity contribution in [2.45, 2.75) is 32.3 Å². The quantitative estimate of drug-likeness (QED) is 0.400. The zero-order valence-electron chi connectivity index (χ0n) is 21.7. The third kappa shape index (κ3) is 5.75. The molecule has 0 saturated carbocycles. The van der Waals surface area contributed by atoms with Crippen LogP contribution in [0.25, 0.3) is 28.0 Å². The van der Waals surface area contributed by atoms with E-state index in [0.29, 0.717) is 6.42 Å². The number of aryl methyl sites for hydroxylation is 1. The van der Waals surface area contributed by atoms with Crippen LogP contribution in [0.3, 0.4) is 0 Å². The van der Waals surface area contributed by atoms with Crippen LogP contribution < -0.4 is 10.6 Å². The van der Waals surface area contributed by atoms with Crippen molar-refractivity contribution in [3.63, 3.8) is 0 Å². The first-order valence-corrected chi connectivity index (χ1v) is 12.7. The van der Waals surface area contributed by atoms with Gasteiger partial charge in [0.1, 0.15) is 17.1 Å². The number of nitrogens with two attached hydrogens (primary N) is 1. The molecule has 4 heterocycles. The van der Waals surface area contributed by atoms with Crippen LogP contribution in [0, 0.1) is 0 Å². The molecule has 1 amide bonds. The number of hydrogen-bond donors (Lipinski definition) is 1. The Kier molecular flexibility index (Phi) is 6.84. The molecule has 0 spiro atoms. The fraction of sp³-hybridized carbons (Fsp3) is 0.345. The number of piperazine rings is 1. The topological polar surface area (TPSA) is 89.0 Å². The SMILES string of the molecule is CN1CCN(c2ccc(-c3ccn4c(-c5ccc(CCC(C)(C)OC(N)=O)cc5)cnc4c3)cn2)CC1. The van der Waals surface area contributed by atoms with Gasteiger partial charge in [-0.1, -0.05) is 24.3 Å². The number of likely N-dealkylation sites (N-methyl/N-ethyl adjacent to an activating group) is 1. The van der Waals surface area contributed by atoms with E-state index in [1.807, 2.05) is 26.2 Å². The zero-order chi connectivity index (χ0) is 26.0. The molecule has 1 aliphatic heterocycles. The van der Waals surface area contributed by atoms with Gasteiger partial charge in [-0.25, -0.2) is 14.8 Å². The molecule has 1 aliphatic rings. The Balaban J connectivity index is 1.28. The summed E-state index contributed by atoms with van der Waals surface area (Å²) in [5.74, 6) is 1.04. The number of amides is 1. The Morgan fingerprint density at radius 1 is 0.946 bits per heavy atom. The minimum absolute atomic E-state index is 0.593. The fourth-order valence-corrected chi connectivity index (χ4v) is 4.76. The molecule has 1 aromatic carbocycles. The van der Waals surface area contributed by atoms with Crippen LogP contribution in [0.15, 0.2) is 67.1 Å². The maximum Gasteiger partial charge on any atom is 0.405 e. The van der Waals surface area contributed by atoms with E-state index in [9.17, 15) is 4.79 Å². The van der Waals surface area contributed by atoms with Crippen LogP contribution in [-0.4, -0.2) is 64.2 Å². The van der Waals surface area contributed by atoms with Crippen LogP contribution in [0.1, 0.15) is 25.8 Å². The summed E-state index contributed by atoms with van der Waals surface area (Å²) in [5.41, 5.74) is 11.0. The molecule has 37 heavy (non-hydrogen) atoms. The van der Waals surface area contributed by atoms with Crippen molar-refractivity contribution < 1.29 is 9.53 Å². The third-order valence-electron chi connectivity index (χ3n) is 7.06. The van der Waals surface area contributed by atoms with Gasteiger partial charge in [-0.2, -0.15) is 0 Å². The summed E-state index contributed by atoms with van der Waals surface area (Å²) in [4.78, 5) is 25.2. The average Bonchev–Trinajstić information content (AvgIpc) is 3.31. The van der Waals surface area contributed by atoms with Gasteiger partial charge >= 0.3 is 6.09 Å². The van der Waals surface area contributed by atoms with Gasteiger partial charge in [0, 0.05) is 49.7 Å². The standard InChI is InChI=1S/C29H34N6O2/c1-29(2,37-28(30)36)12-10-21-4-6-22(7-5-21)25-20-32-27-18-23(11-13-35(25)27)24-8-9-26(31-19-24)34-16-14-33(3)15-17-34/h4-9,11,13,18-20H,10,12,14-17H2,1-3H3,(H2,30,36). The zero-order valence-corrected chi connectivity index (χ0v) is 21.7. The predicted octanol–water partition coefficient (Wildman–Crippen LogP) is 4.62. The van der Waals surface area contributed by atoms with Crippen LogP contribution >= 0.6 is 0 Å². The minimum Gasteiger partial charge on any atom is -0.444 e. The second-order valence-corrected chi connectivity index (χ2v) is 10.4. The molecule has 8 nitrogen and oxygen atoms in total. The Morgan fingerprint density at radius 3 is 2.35 bits per heavy atom. The highest BCUT2D eigenvalue weighted by Gasteiger charge is 2.21. The molecule has 0 bridgehead atoms. The Hall–Kier alpha value is -3.91. The van der Waals surface area contributed by atoms with Crippen molar-refractivity contribution in [2.75, 3.05) is 38.1 Å². The Bertz CT molecular complexity index is 1370. The maximum absolute atomic E-state index is 11.1. The lowest BCUT2D eigenvalue weighted by Gasteiger charge is -2.33. The Morgan fingerprint density at radius 2 is 1.68 bits per heavy atom. The van der Waals surface area contributed by atoms with Gasteiger partial charge in [0.15, 0.2) is 0 Å². The van der Waals surface area contributed by atoms with Gasteiger partial charge < -0.3 is 20.3 Å². The fourth-order valence-electron chi connectivity index (χ4n) is 4.76. The smallest absolute Gasteiger partial charge is 0.405 e. The summed E-state index contributed by atoms with van der Waals surface area (Å²) in [7, 11) is 2.16. The Labute approximate surface area is 217 Å². The molecule has 2 N–H and O–H groups in total. The van der Waals surface area contributed by atoms with Crippen LogP contribution in [0.5, 0.6) is 0 Å². The number of nitrogens with zero attached hydrogens (tertiary/aromatic N) is 5. The highest BCUT2D eigenvalue weighted by molar-refractivity contribution is 5.71. The first-order valence-electron chi connectivity index (χ1n) is 12.7. The monoisotopic (exact) mass is 498 g/mol. The second-order valence-electron chi connectivity index (χ2n) is 10.4. The van der Waals surface area contributed by atoms with E-state index in [4.69, 9.17) is 15.5 Å². The molecule has 5 rings (SSSR count). The number of ether oxygens (including phenoxy) is 1. The molecule has 0 unspecified atom stereocenters. The lowest BCUT2D eigenvalue weighted by atomic mass is 9.97. The lowest BCUT2D eigenvalue weighted by Crippen LogP contribution is -2.44. The molecule has 4 aromatic rings. The van der Waals surface area contributed by atoms with E-state index < -0.39 is 11.7 Å². The molecule has 1 fully saturated rings. The number of carbonyl (C=O) groups is 1. The average molecular weight is 499 g/mol. The van der Waals surface area contributed by atoms with E-state index in [-0.39, 0.29) is 0 Å². The molecule has 8 heteroatoms. The van der Waals surface area contributed by atoms with Crippen molar-refractivity contribution in [1.29, 1.82) is 0 Å². The molecule has 3 aromatic heterocycles. The number of imidazole rings is 1. The van der Waals surface area contributed by atoms with E-state index >= 15 is 0 Å². The summed E-state index contributed by atoms with van der Waals surface area (Å²) in [6.07, 6.45) is 6.68. The first-order chi connectivity index (χ1) is 17.8. The van der Waals surface area contributed by atoms with Crippen LogP contribution in [0.2, 0.25) is 0 Å². The number of benzene rings is 1. The van der Waals surface area contributed by atoms with Crippen molar-refractivity contribution in [1.82, 2.24) is 19.3 Å². The molecular formula is C29H34N6O2. The third-order valence-corrected chi connectivity index (χ3v) is 7.06. The van der Waals surface area contributed by atoms with Gasteiger partial charge in [-0.3, -0.25) is 4.40 Å². The summed E-state index contributed by atoms with van der Waals surface area (Å²) in [6.45, 7) is 7.89. The number of rotatable bonds is 7. The number of carbonyl (C=O) groups excluding carboxylic acids is 1. The molecule has 192 valence electrons. The van der Waals surface area contributed by atoms with Gasteiger partial charge in [0.2, 0.25) is 0 Å². The summed E-state index contributed by atoms with van der Waals surface area (Å²) in [6, 6.07) is 16.9. The maximum atomic E-state index is 11.1. The number of aromatic nitrogens is 3. The van der Waals surface area contributed by atoms with Crippen molar-refractivity contribution >= 4 is 17.6 Å². The largest absolute Gasteiger partial charge is 0.444 e. The van der Waals surface area contributed by atoms with E-state index in [1.54, 1.807) is 0 Å². The van der Waals surface area contributed by atoms with Crippen molar-refractivity contribution in [3.8, 4) is 22.4 Å². The molecule has 1 saturated heterocycles. The van der Waals surface area contributed by atoms with Gasteiger partial charge in [0.05, 0.1) is 11.9 Å². The van der Waals surface area contributed by atoms with Crippen LogP contribution in [-0.2, 0) is 11.2 Å². The highest BCUT2D eigenvalue weighted by Crippen LogP contribution is 2.27. The summed E-state index contributed by atoms with van der Waals surface area (Å²) >= 11 is 0. The number of anilines is 1. The normalized spacial score (nSPS) is 14.7. The number of hydrogen-bond acceptors (Lipinski definition) is 6. The molecular weight excluding hydrogens is 464 g/mol. The summed E-state index contributed by atoms with van der Waals surface area (Å²) in [5, 5.41) is 0. The number of primary amides is 1. The van der Waals surface area contributed by atoms with E-state index in [1.165, 1.54) is 5.56 Å². The van der Waals surface area contributed by atoms with E-state index in [0.717, 1.165) is 66.4 Å². The van der Waals surface area contributed by atoms with Crippen molar-refractivity contribution in [3.05, 3.63) is 72.7 Å². The van der Waals surface area contributed by atoms with E-state index in [2.05, 4.69) is 81.0 Å². The lowest BCUT2D eigenvalue weighted by molar-refractivity contribution is 0.0394. The highest BCUT2D eigenvalue weighted by atomic mass is 16.6. The minimum atomic E-state index is -0.741. The first kappa shape index (κ1) is 24.8. The molecule has 0 atom stereocenters. The van der Waals surface area contributed by atoms with Crippen molar-refractivity contribution in [2.24, 2.45) is 5.73 Å². The van der Waals surface area contributed by atoms with Gasteiger partial charge in [-0.15, -0.1) is 0 Å². The predicted molar refractivity (Wildman–Crippen MR) is 147 cm³/mol. The number of pyridine rings is 2. The molecule has 0 aliphatic carbocycles. The number of fused-ring (bicyclic) bond motifs is 1.